The second kappa shape index (κ2) is 6.40. The molecule has 0 radical (unpaired) electrons. The van der Waals surface area contributed by atoms with Gasteiger partial charge in [0.1, 0.15) is 0 Å². The Morgan fingerprint density at radius 1 is 1.24 bits per heavy atom. The molecule has 0 unspecified atom stereocenters. The second-order valence-corrected chi connectivity index (χ2v) is 4.68. The van der Waals surface area contributed by atoms with E-state index in [1.54, 1.807) is 0 Å². The molecule has 0 bridgehead atoms. The molecule has 1 aromatic rings. The summed E-state index contributed by atoms with van der Waals surface area (Å²) in [6.45, 7) is 3.31. The highest BCUT2D eigenvalue weighted by Gasteiger charge is 2.17. The van der Waals surface area contributed by atoms with Crippen molar-refractivity contribution in [2.24, 2.45) is 0 Å². The number of amides is 1. The number of carbonyl (C=O) groups is 1. The van der Waals surface area contributed by atoms with E-state index in [-0.39, 0.29) is 6.04 Å². The van der Waals surface area contributed by atoms with Crippen LogP contribution in [-0.4, -0.2) is 37.0 Å². The van der Waals surface area contributed by atoms with Gasteiger partial charge in [-0.15, -0.1) is 0 Å². The Hall–Kier alpha value is -1.35. The third-order valence-corrected chi connectivity index (χ3v) is 3.31. The van der Waals surface area contributed by atoms with Gasteiger partial charge in [0.05, 0.1) is 0 Å². The zero-order valence-electron chi connectivity index (χ0n) is 10.1. The van der Waals surface area contributed by atoms with Crippen molar-refractivity contribution in [2.45, 2.75) is 25.3 Å². The van der Waals surface area contributed by atoms with Crippen molar-refractivity contribution in [1.82, 2.24) is 10.2 Å². The molecule has 1 saturated heterocycles. The summed E-state index contributed by atoms with van der Waals surface area (Å²) < 4.78 is 0. The summed E-state index contributed by atoms with van der Waals surface area (Å²) in [7, 11) is 0. The van der Waals surface area contributed by atoms with Gasteiger partial charge in [0.15, 0.2) is 0 Å². The Bertz CT molecular complexity index is 333. The number of likely N-dealkylation sites (tertiary alicyclic amines) is 1. The molecular formula is C14H20N2O. The summed E-state index contributed by atoms with van der Waals surface area (Å²) in [6, 6.07) is 10.6. The zero-order chi connectivity index (χ0) is 11.9. The molecule has 1 fully saturated rings. The van der Waals surface area contributed by atoms with Crippen molar-refractivity contribution < 1.29 is 4.79 Å². The molecule has 1 amide bonds. The van der Waals surface area contributed by atoms with E-state index < -0.39 is 0 Å². The normalized spacial score (nSPS) is 17.9. The lowest BCUT2D eigenvalue weighted by Gasteiger charge is -2.23. The van der Waals surface area contributed by atoms with Crippen LogP contribution in [0.5, 0.6) is 0 Å². The van der Waals surface area contributed by atoms with E-state index in [0.717, 1.165) is 19.4 Å². The minimum Gasteiger partial charge on any atom is -0.354 e. The first-order valence-electron chi connectivity index (χ1n) is 6.34. The van der Waals surface area contributed by atoms with Crippen LogP contribution in [0.3, 0.4) is 0 Å². The van der Waals surface area contributed by atoms with E-state index in [4.69, 9.17) is 0 Å². The molecule has 0 aromatic heterocycles. The van der Waals surface area contributed by atoms with Crippen LogP contribution in [0.4, 0.5) is 0 Å². The first kappa shape index (κ1) is 12.1. The molecule has 0 saturated carbocycles. The second-order valence-electron chi connectivity index (χ2n) is 4.68. The maximum atomic E-state index is 10.6. The number of nitrogens with one attached hydrogen (secondary N) is 1. The minimum absolute atomic E-state index is 0.230. The van der Waals surface area contributed by atoms with Gasteiger partial charge in [0.25, 0.3) is 0 Å². The lowest BCUT2D eigenvalue weighted by atomic mass is 10.1. The predicted molar refractivity (Wildman–Crippen MR) is 68.8 cm³/mol. The summed E-state index contributed by atoms with van der Waals surface area (Å²) in [6.07, 6.45) is 4.32. The number of hydrogen-bond donors (Lipinski definition) is 1. The van der Waals surface area contributed by atoms with Crippen LogP contribution in [-0.2, 0) is 11.2 Å². The van der Waals surface area contributed by atoms with Crippen LogP contribution in [0.25, 0.3) is 0 Å². The fourth-order valence-electron chi connectivity index (χ4n) is 2.45. The Morgan fingerprint density at radius 3 is 2.59 bits per heavy atom. The topological polar surface area (TPSA) is 32.3 Å². The summed E-state index contributed by atoms with van der Waals surface area (Å²) in [5, 5.41) is 2.94. The maximum absolute atomic E-state index is 10.6. The van der Waals surface area contributed by atoms with Crippen LogP contribution >= 0.6 is 0 Å². The number of nitrogens with zero attached hydrogens (tertiary/aromatic N) is 1. The maximum Gasteiger partial charge on any atom is 0.207 e. The fourth-order valence-corrected chi connectivity index (χ4v) is 2.45. The molecule has 1 aliphatic heterocycles. The average Bonchev–Trinajstić information content (AvgIpc) is 2.83. The van der Waals surface area contributed by atoms with E-state index in [0.29, 0.717) is 0 Å². The largest absolute Gasteiger partial charge is 0.354 e. The van der Waals surface area contributed by atoms with Gasteiger partial charge in [-0.25, -0.2) is 0 Å². The third kappa shape index (κ3) is 3.86. The van der Waals surface area contributed by atoms with E-state index in [9.17, 15) is 4.79 Å². The average molecular weight is 232 g/mol. The molecule has 3 heteroatoms. The monoisotopic (exact) mass is 232 g/mol. The molecule has 1 heterocycles. The van der Waals surface area contributed by atoms with Crippen molar-refractivity contribution in [3.8, 4) is 0 Å². The van der Waals surface area contributed by atoms with Gasteiger partial charge in [-0.05, 0) is 37.9 Å². The highest BCUT2D eigenvalue weighted by Crippen LogP contribution is 2.10. The minimum atomic E-state index is 0.230. The third-order valence-electron chi connectivity index (χ3n) is 3.31. The summed E-state index contributed by atoms with van der Waals surface area (Å²) >= 11 is 0. The molecule has 2 rings (SSSR count). The van der Waals surface area contributed by atoms with Gasteiger partial charge in [-0.3, -0.25) is 4.79 Å². The summed E-state index contributed by atoms with van der Waals surface area (Å²) in [4.78, 5) is 13.1. The van der Waals surface area contributed by atoms with Crippen molar-refractivity contribution in [1.29, 1.82) is 0 Å². The number of carbonyl (C=O) groups excluding carboxylic acids is 1. The van der Waals surface area contributed by atoms with E-state index in [2.05, 4.69) is 22.3 Å². The Balaban J connectivity index is 1.89. The molecule has 0 spiro atoms. The molecule has 0 aliphatic carbocycles. The van der Waals surface area contributed by atoms with Gasteiger partial charge in [0, 0.05) is 12.6 Å². The number of benzene rings is 1. The molecule has 3 nitrogen and oxygen atoms in total. The zero-order valence-corrected chi connectivity index (χ0v) is 10.1. The Labute approximate surface area is 103 Å². The van der Waals surface area contributed by atoms with Crippen LogP contribution in [0.1, 0.15) is 18.4 Å². The number of rotatable bonds is 6. The van der Waals surface area contributed by atoms with Gasteiger partial charge in [-0.2, -0.15) is 0 Å². The smallest absolute Gasteiger partial charge is 0.207 e. The van der Waals surface area contributed by atoms with Crippen molar-refractivity contribution in [3.05, 3.63) is 35.9 Å². The van der Waals surface area contributed by atoms with E-state index in [1.807, 2.05) is 18.2 Å². The molecule has 1 atom stereocenters. The van der Waals surface area contributed by atoms with Crippen LogP contribution in [0, 0.1) is 0 Å². The molecule has 1 aromatic carbocycles. The van der Waals surface area contributed by atoms with Crippen molar-refractivity contribution in [3.63, 3.8) is 0 Å². The summed E-state index contributed by atoms with van der Waals surface area (Å²) in [5.41, 5.74) is 1.28. The van der Waals surface area contributed by atoms with Gasteiger partial charge in [0.2, 0.25) is 6.41 Å². The molecule has 1 N–H and O–H groups in total. The SMILES string of the molecule is O=CN[C@@H](Cc1ccccc1)CN1CCCC1. The van der Waals surface area contributed by atoms with Crippen molar-refractivity contribution >= 4 is 6.41 Å². The van der Waals surface area contributed by atoms with Gasteiger partial charge >= 0.3 is 0 Å². The number of hydrogen-bond acceptors (Lipinski definition) is 2. The highest BCUT2D eigenvalue weighted by molar-refractivity contribution is 5.46. The first-order valence-corrected chi connectivity index (χ1v) is 6.34. The highest BCUT2D eigenvalue weighted by atomic mass is 16.1. The Morgan fingerprint density at radius 2 is 1.94 bits per heavy atom. The molecule has 1 aliphatic rings. The quantitative estimate of drug-likeness (QED) is 0.753. The van der Waals surface area contributed by atoms with Gasteiger partial charge < -0.3 is 10.2 Å². The van der Waals surface area contributed by atoms with Crippen molar-refractivity contribution in [2.75, 3.05) is 19.6 Å². The summed E-state index contributed by atoms with van der Waals surface area (Å²) in [5.74, 6) is 0. The fraction of sp³-hybridized carbons (Fsp3) is 0.500. The lowest BCUT2D eigenvalue weighted by Crippen LogP contribution is -2.40. The van der Waals surface area contributed by atoms with Crippen LogP contribution in [0.2, 0.25) is 0 Å². The van der Waals surface area contributed by atoms with E-state index in [1.165, 1.54) is 31.5 Å². The molecular weight excluding hydrogens is 212 g/mol. The standard InChI is InChI=1S/C14H20N2O/c17-12-15-14(11-16-8-4-5-9-16)10-13-6-2-1-3-7-13/h1-3,6-7,12,14H,4-5,8-11H2,(H,15,17)/t14-/m0/s1. The first-order chi connectivity index (χ1) is 8.38. The van der Waals surface area contributed by atoms with E-state index >= 15 is 0 Å². The Kier molecular flexibility index (Phi) is 4.56. The van der Waals surface area contributed by atoms with Gasteiger partial charge in [-0.1, -0.05) is 30.3 Å². The molecule has 92 valence electrons. The molecule has 17 heavy (non-hydrogen) atoms. The van der Waals surface area contributed by atoms with Crippen LogP contribution < -0.4 is 5.32 Å². The van der Waals surface area contributed by atoms with Crippen LogP contribution in [0.15, 0.2) is 30.3 Å². The lowest BCUT2D eigenvalue weighted by molar-refractivity contribution is -0.110. The predicted octanol–water partition coefficient (Wildman–Crippen LogP) is 1.44.